The number of pyridine rings is 1. The second-order valence-corrected chi connectivity index (χ2v) is 5.87. The lowest BCUT2D eigenvalue weighted by Gasteiger charge is -2.17. The molecule has 0 aliphatic rings. The standard InChI is InChI=1S/C17H25N3/c1-14(2)12-18-9-10-20(3)13-15-6-7-17-16(11-15)5-4-8-19-17/h4-8,11,14,18H,9-10,12-13H2,1-3H3. The minimum atomic E-state index is 0.716. The SMILES string of the molecule is CC(C)CNCCN(C)Cc1ccc2ncccc2c1. The molecule has 0 radical (unpaired) electrons. The van der Waals surface area contributed by atoms with Crippen LogP contribution in [0.5, 0.6) is 0 Å². The van der Waals surface area contributed by atoms with Crippen LogP contribution < -0.4 is 5.32 Å². The zero-order valence-corrected chi connectivity index (χ0v) is 12.8. The van der Waals surface area contributed by atoms with E-state index in [9.17, 15) is 0 Å². The third kappa shape index (κ3) is 4.58. The van der Waals surface area contributed by atoms with Gasteiger partial charge in [0.15, 0.2) is 0 Å². The summed E-state index contributed by atoms with van der Waals surface area (Å²) in [5.41, 5.74) is 2.41. The summed E-state index contributed by atoms with van der Waals surface area (Å²) in [6, 6.07) is 10.6. The van der Waals surface area contributed by atoms with Crippen molar-refractivity contribution in [3.05, 3.63) is 42.1 Å². The first kappa shape index (κ1) is 14.9. The summed E-state index contributed by atoms with van der Waals surface area (Å²) < 4.78 is 0. The van der Waals surface area contributed by atoms with Gasteiger partial charge in [-0.15, -0.1) is 0 Å². The highest BCUT2D eigenvalue weighted by atomic mass is 15.1. The Hall–Kier alpha value is -1.45. The Morgan fingerprint density at radius 2 is 2.10 bits per heavy atom. The Labute approximate surface area is 122 Å². The number of aromatic nitrogens is 1. The van der Waals surface area contributed by atoms with Gasteiger partial charge >= 0.3 is 0 Å². The van der Waals surface area contributed by atoms with Gasteiger partial charge in [-0.1, -0.05) is 26.0 Å². The van der Waals surface area contributed by atoms with Crippen molar-refractivity contribution in [2.24, 2.45) is 5.92 Å². The van der Waals surface area contributed by atoms with Crippen LogP contribution in [0.2, 0.25) is 0 Å². The van der Waals surface area contributed by atoms with Crippen molar-refractivity contribution in [3.63, 3.8) is 0 Å². The van der Waals surface area contributed by atoms with Gasteiger partial charge in [-0.25, -0.2) is 0 Å². The quantitative estimate of drug-likeness (QED) is 0.785. The van der Waals surface area contributed by atoms with Crippen molar-refractivity contribution in [3.8, 4) is 0 Å². The van der Waals surface area contributed by atoms with E-state index >= 15 is 0 Å². The molecule has 1 aromatic carbocycles. The molecule has 0 amide bonds. The molecule has 2 aromatic rings. The molecule has 3 nitrogen and oxygen atoms in total. The van der Waals surface area contributed by atoms with Gasteiger partial charge in [-0.05, 0) is 43.3 Å². The summed E-state index contributed by atoms with van der Waals surface area (Å²) in [6.07, 6.45) is 1.84. The molecule has 0 unspecified atom stereocenters. The van der Waals surface area contributed by atoms with Crippen molar-refractivity contribution in [1.29, 1.82) is 0 Å². The van der Waals surface area contributed by atoms with Gasteiger partial charge in [0.1, 0.15) is 0 Å². The number of hydrogen-bond donors (Lipinski definition) is 1. The largest absolute Gasteiger partial charge is 0.315 e. The zero-order valence-electron chi connectivity index (χ0n) is 12.8. The van der Waals surface area contributed by atoms with Crippen LogP contribution in [0.1, 0.15) is 19.4 Å². The van der Waals surface area contributed by atoms with Crippen molar-refractivity contribution in [1.82, 2.24) is 15.2 Å². The second-order valence-electron chi connectivity index (χ2n) is 5.87. The first-order valence-corrected chi connectivity index (χ1v) is 7.38. The smallest absolute Gasteiger partial charge is 0.0702 e. The van der Waals surface area contributed by atoms with Crippen molar-refractivity contribution < 1.29 is 0 Å². The van der Waals surface area contributed by atoms with Crippen LogP contribution in [-0.4, -0.2) is 36.6 Å². The highest BCUT2D eigenvalue weighted by Gasteiger charge is 2.02. The van der Waals surface area contributed by atoms with Gasteiger partial charge in [-0.3, -0.25) is 4.98 Å². The molecule has 108 valence electrons. The van der Waals surface area contributed by atoms with Gasteiger partial charge in [0, 0.05) is 31.2 Å². The summed E-state index contributed by atoms with van der Waals surface area (Å²) in [4.78, 5) is 6.71. The molecule has 0 aliphatic heterocycles. The van der Waals surface area contributed by atoms with Gasteiger partial charge in [0.2, 0.25) is 0 Å². The molecule has 0 atom stereocenters. The second kappa shape index (κ2) is 7.36. The predicted octanol–water partition coefficient (Wildman–Crippen LogP) is 2.91. The van der Waals surface area contributed by atoms with Crippen molar-refractivity contribution >= 4 is 10.9 Å². The van der Waals surface area contributed by atoms with Crippen LogP contribution in [-0.2, 0) is 6.54 Å². The Bertz CT molecular complexity index is 537. The fraction of sp³-hybridized carbons (Fsp3) is 0.471. The molecule has 0 saturated carbocycles. The fourth-order valence-corrected chi connectivity index (χ4v) is 2.27. The number of benzene rings is 1. The third-order valence-corrected chi connectivity index (χ3v) is 3.34. The average molecular weight is 271 g/mol. The Kier molecular flexibility index (Phi) is 5.50. The Balaban J connectivity index is 1.84. The average Bonchev–Trinajstić information content (AvgIpc) is 2.43. The number of nitrogens with one attached hydrogen (secondary N) is 1. The maximum atomic E-state index is 4.35. The number of likely N-dealkylation sites (N-methyl/N-ethyl adjacent to an activating group) is 1. The van der Waals surface area contributed by atoms with Crippen molar-refractivity contribution in [2.75, 3.05) is 26.7 Å². The van der Waals surface area contributed by atoms with Gasteiger partial charge < -0.3 is 10.2 Å². The van der Waals surface area contributed by atoms with E-state index in [4.69, 9.17) is 0 Å². The molecule has 2 rings (SSSR count). The normalized spacial score (nSPS) is 11.7. The molecule has 0 bridgehead atoms. The van der Waals surface area contributed by atoms with Gasteiger partial charge in [0.25, 0.3) is 0 Å². The maximum Gasteiger partial charge on any atom is 0.0702 e. The molecular weight excluding hydrogens is 246 g/mol. The molecule has 1 N–H and O–H groups in total. The molecular formula is C17H25N3. The van der Waals surface area contributed by atoms with Crippen LogP contribution in [0.3, 0.4) is 0 Å². The number of rotatable bonds is 7. The molecule has 0 fully saturated rings. The van der Waals surface area contributed by atoms with E-state index in [1.165, 1.54) is 10.9 Å². The highest BCUT2D eigenvalue weighted by Crippen LogP contribution is 2.14. The summed E-state index contributed by atoms with van der Waals surface area (Å²) >= 11 is 0. The molecule has 3 heteroatoms. The van der Waals surface area contributed by atoms with Crippen LogP contribution in [0.25, 0.3) is 10.9 Å². The lowest BCUT2D eigenvalue weighted by atomic mass is 10.1. The van der Waals surface area contributed by atoms with Crippen LogP contribution in [0, 0.1) is 5.92 Å². The lowest BCUT2D eigenvalue weighted by molar-refractivity contribution is 0.322. The topological polar surface area (TPSA) is 28.2 Å². The van der Waals surface area contributed by atoms with Gasteiger partial charge in [-0.2, -0.15) is 0 Å². The van der Waals surface area contributed by atoms with E-state index in [0.717, 1.165) is 31.7 Å². The molecule has 0 saturated heterocycles. The summed E-state index contributed by atoms with van der Waals surface area (Å²) in [5.74, 6) is 0.716. The lowest BCUT2D eigenvalue weighted by Crippen LogP contribution is -2.30. The number of hydrogen-bond acceptors (Lipinski definition) is 3. The fourth-order valence-electron chi connectivity index (χ4n) is 2.27. The number of nitrogens with zero attached hydrogens (tertiary/aromatic N) is 2. The molecule has 0 aliphatic carbocycles. The van der Waals surface area contributed by atoms with Crippen LogP contribution in [0.4, 0.5) is 0 Å². The van der Waals surface area contributed by atoms with E-state index in [1.54, 1.807) is 0 Å². The molecule has 1 heterocycles. The molecule has 0 spiro atoms. The summed E-state index contributed by atoms with van der Waals surface area (Å²) in [5, 5.41) is 4.70. The minimum Gasteiger partial charge on any atom is -0.315 e. The first-order chi connectivity index (χ1) is 9.65. The zero-order chi connectivity index (χ0) is 14.4. The monoisotopic (exact) mass is 271 g/mol. The van der Waals surface area contributed by atoms with E-state index < -0.39 is 0 Å². The third-order valence-electron chi connectivity index (χ3n) is 3.34. The van der Waals surface area contributed by atoms with E-state index in [2.05, 4.69) is 60.4 Å². The molecule has 1 aromatic heterocycles. The van der Waals surface area contributed by atoms with E-state index in [1.807, 2.05) is 12.3 Å². The Morgan fingerprint density at radius 3 is 2.90 bits per heavy atom. The molecule has 20 heavy (non-hydrogen) atoms. The highest BCUT2D eigenvalue weighted by molar-refractivity contribution is 5.78. The van der Waals surface area contributed by atoms with E-state index in [-0.39, 0.29) is 0 Å². The van der Waals surface area contributed by atoms with Crippen LogP contribution in [0.15, 0.2) is 36.5 Å². The predicted molar refractivity (Wildman–Crippen MR) is 85.8 cm³/mol. The maximum absolute atomic E-state index is 4.35. The minimum absolute atomic E-state index is 0.716. The van der Waals surface area contributed by atoms with E-state index in [0.29, 0.717) is 5.92 Å². The van der Waals surface area contributed by atoms with Crippen molar-refractivity contribution in [2.45, 2.75) is 20.4 Å². The Morgan fingerprint density at radius 1 is 1.25 bits per heavy atom. The summed E-state index contributed by atoms with van der Waals surface area (Å²) in [7, 11) is 2.17. The van der Waals surface area contributed by atoms with Gasteiger partial charge in [0.05, 0.1) is 5.52 Å². The number of fused-ring (bicyclic) bond motifs is 1. The van der Waals surface area contributed by atoms with Crippen LogP contribution >= 0.6 is 0 Å². The summed E-state index contributed by atoms with van der Waals surface area (Å²) in [6.45, 7) is 8.66. The first-order valence-electron chi connectivity index (χ1n) is 7.38.